The Morgan fingerprint density at radius 1 is 1.09 bits per heavy atom. The summed E-state index contributed by atoms with van der Waals surface area (Å²) in [7, 11) is 0. The first-order chi connectivity index (χ1) is 10.6. The quantitative estimate of drug-likeness (QED) is 0.628. The van der Waals surface area contributed by atoms with Gasteiger partial charge in [-0.2, -0.15) is 0 Å². The molecule has 0 aromatic heterocycles. The standard InChI is InChI=1S/C16H15F2NO2S/c17-14-7-6-12(10-15(14)18)21-11-16(20)19-8-9-22-13-4-2-1-3-5-13/h1-7,10H,8-9,11H2,(H,19,20). The molecule has 0 unspecified atom stereocenters. The highest BCUT2D eigenvalue weighted by Crippen LogP contribution is 2.16. The number of thioether (sulfide) groups is 1. The SMILES string of the molecule is O=C(COc1ccc(F)c(F)c1)NCCSc1ccccc1. The molecule has 2 rings (SSSR count). The lowest BCUT2D eigenvalue weighted by molar-refractivity contribution is -0.122. The van der Waals surface area contributed by atoms with Crippen LogP contribution in [0.25, 0.3) is 0 Å². The van der Waals surface area contributed by atoms with E-state index in [2.05, 4.69) is 5.32 Å². The van der Waals surface area contributed by atoms with Crippen LogP contribution in [0.2, 0.25) is 0 Å². The first-order valence-electron chi connectivity index (χ1n) is 6.67. The van der Waals surface area contributed by atoms with Gasteiger partial charge in [0.15, 0.2) is 18.2 Å². The summed E-state index contributed by atoms with van der Waals surface area (Å²) in [5.41, 5.74) is 0. The number of hydrogen-bond donors (Lipinski definition) is 1. The molecule has 2 aromatic carbocycles. The predicted molar refractivity (Wildman–Crippen MR) is 82.0 cm³/mol. The largest absolute Gasteiger partial charge is 0.484 e. The van der Waals surface area contributed by atoms with Crippen molar-refractivity contribution in [1.82, 2.24) is 5.32 Å². The Morgan fingerprint density at radius 2 is 1.86 bits per heavy atom. The molecule has 2 aromatic rings. The summed E-state index contributed by atoms with van der Waals surface area (Å²) >= 11 is 1.63. The molecular formula is C16H15F2NO2S. The Kier molecular flexibility index (Phi) is 6.21. The molecule has 0 spiro atoms. The molecule has 0 bridgehead atoms. The lowest BCUT2D eigenvalue weighted by Gasteiger charge is -2.07. The van der Waals surface area contributed by atoms with Crippen LogP contribution < -0.4 is 10.1 Å². The third kappa shape index (κ3) is 5.37. The van der Waals surface area contributed by atoms with E-state index in [0.29, 0.717) is 6.54 Å². The normalized spacial score (nSPS) is 10.3. The van der Waals surface area contributed by atoms with Crippen LogP contribution in [-0.2, 0) is 4.79 Å². The fourth-order valence-corrected chi connectivity index (χ4v) is 2.43. The third-order valence-corrected chi connectivity index (χ3v) is 3.71. The second kappa shape index (κ2) is 8.38. The van der Waals surface area contributed by atoms with Crippen molar-refractivity contribution in [2.24, 2.45) is 0 Å². The molecule has 0 aliphatic heterocycles. The van der Waals surface area contributed by atoms with E-state index in [1.807, 2.05) is 30.3 Å². The van der Waals surface area contributed by atoms with Crippen molar-refractivity contribution in [2.75, 3.05) is 18.9 Å². The van der Waals surface area contributed by atoms with Crippen LogP contribution in [0.3, 0.4) is 0 Å². The van der Waals surface area contributed by atoms with Crippen LogP contribution in [-0.4, -0.2) is 24.8 Å². The molecular weight excluding hydrogens is 308 g/mol. The summed E-state index contributed by atoms with van der Waals surface area (Å²) in [5.74, 6) is -1.40. The van der Waals surface area contributed by atoms with Gasteiger partial charge in [0.2, 0.25) is 0 Å². The van der Waals surface area contributed by atoms with Crippen LogP contribution in [0.5, 0.6) is 5.75 Å². The second-order valence-corrected chi connectivity index (χ2v) is 5.54. The van der Waals surface area contributed by atoms with E-state index in [4.69, 9.17) is 4.74 Å². The summed E-state index contributed by atoms with van der Waals surface area (Å²) in [4.78, 5) is 12.7. The van der Waals surface area contributed by atoms with Gasteiger partial charge in [0.05, 0.1) is 0 Å². The smallest absolute Gasteiger partial charge is 0.257 e. The number of halogens is 2. The fourth-order valence-electron chi connectivity index (χ4n) is 1.64. The van der Waals surface area contributed by atoms with Crippen LogP contribution in [0.4, 0.5) is 8.78 Å². The summed E-state index contributed by atoms with van der Waals surface area (Å²) in [5, 5.41) is 2.70. The van der Waals surface area contributed by atoms with Crippen LogP contribution in [0, 0.1) is 11.6 Å². The molecule has 0 heterocycles. The van der Waals surface area contributed by atoms with Crippen molar-refractivity contribution in [3.8, 4) is 5.75 Å². The molecule has 6 heteroatoms. The Labute approximate surface area is 131 Å². The molecule has 116 valence electrons. The molecule has 0 fully saturated rings. The van der Waals surface area contributed by atoms with Crippen LogP contribution in [0.15, 0.2) is 53.4 Å². The third-order valence-electron chi connectivity index (χ3n) is 2.70. The number of carbonyl (C=O) groups is 1. The summed E-state index contributed by atoms with van der Waals surface area (Å²) in [6.45, 7) is 0.264. The first kappa shape index (κ1) is 16.3. The van der Waals surface area contributed by atoms with Gasteiger partial charge in [-0.05, 0) is 24.3 Å². The monoisotopic (exact) mass is 323 g/mol. The molecule has 1 N–H and O–H groups in total. The maximum atomic E-state index is 13.0. The lowest BCUT2D eigenvalue weighted by atomic mass is 10.3. The summed E-state index contributed by atoms with van der Waals surface area (Å²) < 4.78 is 30.8. The molecule has 0 saturated carbocycles. The fraction of sp³-hybridized carbons (Fsp3) is 0.188. The van der Waals surface area contributed by atoms with Crippen molar-refractivity contribution in [3.63, 3.8) is 0 Å². The molecule has 0 saturated heterocycles. The van der Waals surface area contributed by atoms with Gasteiger partial charge in [-0.3, -0.25) is 4.79 Å². The molecule has 1 amide bonds. The molecule has 22 heavy (non-hydrogen) atoms. The highest BCUT2D eigenvalue weighted by Gasteiger charge is 2.06. The molecule has 0 aliphatic carbocycles. The van der Waals surface area contributed by atoms with Gasteiger partial charge in [0, 0.05) is 23.3 Å². The van der Waals surface area contributed by atoms with Crippen LogP contribution in [0.1, 0.15) is 0 Å². The zero-order valence-corrected chi connectivity index (χ0v) is 12.5. The van der Waals surface area contributed by atoms with E-state index < -0.39 is 11.6 Å². The van der Waals surface area contributed by atoms with Crippen molar-refractivity contribution >= 4 is 17.7 Å². The topological polar surface area (TPSA) is 38.3 Å². The van der Waals surface area contributed by atoms with E-state index in [1.54, 1.807) is 11.8 Å². The molecule has 0 radical (unpaired) electrons. The van der Waals surface area contributed by atoms with E-state index in [-0.39, 0.29) is 18.3 Å². The van der Waals surface area contributed by atoms with Crippen molar-refractivity contribution in [3.05, 3.63) is 60.2 Å². The van der Waals surface area contributed by atoms with Gasteiger partial charge in [0.25, 0.3) is 5.91 Å². The van der Waals surface area contributed by atoms with Gasteiger partial charge < -0.3 is 10.1 Å². The summed E-state index contributed by atoms with van der Waals surface area (Å²) in [6, 6.07) is 13.0. The average molecular weight is 323 g/mol. The van der Waals surface area contributed by atoms with E-state index in [0.717, 1.165) is 22.8 Å². The Balaban J connectivity index is 1.64. The van der Waals surface area contributed by atoms with E-state index >= 15 is 0 Å². The van der Waals surface area contributed by atoms with Crippen molar-refractivity contribution < 1.29 is 18.3 Å². The van der Waals surface area contributed by atoms with Gasteiger partial charge in [-0.25, -0.2) is 8.78 Å². The highest BCUT2D eigenvalue weighted by atomic mass is 32.2. The predicted octanol–water partition coefficient (Wildman–Crippen LogP) is 3.25. The number of hydrogen-bond acceptors (Lipinski definition) is 3. The number of benzene rings is 2. The molecule has 3 nitrogen and oxygen atoms in total. The Hall–Kier alpha value is -2.08. The van der Waals surface area contributed by atoms with E-state index in [1.165, 1.54) is 6.07 Å². The van der Waals surface area contributed by atoms with Crippen molar-refractivity contribution in [1.29, 1.82) is 0 Å². The number of nitrogens with one attached hydrogen (secondary N) is 1. The molecule has 0 aliphatic rings. The summed E-state index contributed by atoms with van der Waals surface area (Å²) in [6.07, 6.45) is 0. The minimum Gasteiger partial charge on any atom is -0.484 e. The average Bonchev–Trinajstić information content (AvgIpc) is 2.54. The van der Waals surface area contributed by atoms with E-state index in [9.17, 15) is 13.6 Å². The van der Waals surface area contributed by atoms with Gasteiger partial charge in [-0.1, -0.05) is 18.2 Å². The first-order valence-corrected chi connectivity index (χ1v) is 7.66. The molecule has 0 atom stereocenters. The minimum atomic E-state index is -1.00. The Bertz CT molecular complexity index is 623. The maximum Gasteiger partial charge on any atom is 0.257 e. The minimum absolute atomic E-state index is 0.118. The zero-order valence-electron chi connectivity index (χ0n) is 11.7. The Morgan fingerprint density at radius 3 is 2.59 bits per heavy atom. The highest BCUT2D eigenvalue weighted by molar-refractivity contribution is 7.99. The zero-order chi connectivity index (χ0) is 15.8. The maximum absolute atomic E-state index is 13.0. The van der Waals surface area contributed by atoms with Gasteiger partial charge in [0.1, 0.15) is 5.75 Å². The lowest BCUT2D eigenvalue weighted by Crippen LogP contribution is -2.30. The second-order valence-electron chi connectivity index (χ2n) is 4.38. The van der Waals surface area contributed by atoms with Crippen molar-refractivity contribution in [2.45, 2.75) is 4.90 Å². The number of ether oxygens (including phenoxy) is 1. The van der Waals surface area contributed by atoms with Crippen LogP contribution >= 0.6 is 11.8 Å². The number of carbonyl (C=O) groups excluding carboxylic acids is 1. The number of amides is 1. The van der Waals surface area contributed by atoms with Gasteiger partial charge in [-0.15, -0.1) is 11.8 Å². The van der Waals surface area contributed by atoms with Gasteiger partial charge >= 0.3 is 0 Å². The number of rotatable bonds is 7.